The first-order chi connectivity index (χ1) is 6.38. The number of nitrogens with zero attached hydrogens (tertiary/aromatic N) is 1. The quantitative estimate of drug-likeness (QED) is 0.671. The minimum atomic E-state index is 0.137. The lowest BCUT2D eigenvalue weighted by Gasteiger charge is -2.27. The zero-order valence-corrected chi connectivity index (χ0v) is 7.29. The van der Waals surface area contributed by atoms with Crippen molar-refractivity contribution in [2.45, 2.75) is 0 Å². The van der Waals surface area contributed by atoms with Crippen molar-refractivity contribution >= 4 is 11.6 Å². The van der Waals surface area contributed by atoms with Crippen LogP contribution in [0.4, 0.5) is 5.69 Å². The number of hydrogen-bond donors (Lipinski definition) is 1. The summed E-state index contributed by atoms with van der Waals surface area (Å²) in [5.41, 5.74) is 0.963. The first kappa shape index (κ1) is 8.26. The topological polar surface area (TPSA) is 32.3 Å². The predicted molar refractivity (Wildman–Crippen MR) is 50.5 cm³/mol. The molecule has 3 heteroatoms. The molecule has 1 N–H and O–H groups in total. The molecule has 0 aromatic heterocycles. The summed E-state index contributed by atoms with van der Waals surface area (Å²) in [6.07, 6.45) is 0. The average Bonchev–Trinajstić information content (AvgIpc) is 2.20. The van der Waals surface area contributed by atoms with E-state index in [0.29, 0.717) is 6.54 Å². The summed E-state index contributed by atoms with van der Waals surface area (Å²) in [4.78, 5) is 13.2. The minimum absolute atomic E-state index is 0.137. The van der Waals surface area contributed by atoms with Gasteiger partial charge in [0.25, 0.3) is 0 Å². The van der Waals surface area contributed by atoms with Crippen LogP contribution in [0, 0.1) is 6.07 Å². The maximum Gasteiger partial charge on any atom is 0.240 e. The Hall–Kier alpha value is -1.35. The van der Waals surface area contributed by atoms with E-state index < -0.39 is 0 Å². The van der Waals surface area contributed by atoms with E-state index >= 15 is 0 Å². The second-order valence-corrected chi connectivity index (χ2v) is 2.98. The van der Waals surface area contributed by atoms with Gasteiger partial charge in [-0.05, 0) is 18.2 Å². The van der Waals surface area contributed by atoms with Crippen LogP contribution in [0.3, 0.4) is 0 Å². The molecule has 67 valence electrons. The molecule has 1 aromatic carbocycles. The van der Waals surface area contributed by atoms with E-state index in [4.69, 9.17) is 0 Å². The van der Waals surface area contributed by atoms with Gasteiger partial charge in [0.15, 0.2) is 0 Å². The minimum Gasteiger partial charge on any atom is -0.310 e. The normalized spacial score (nSPS) is 17.5. The van der Waals surface area contributed by atoms with Crippen molar-refractivity contribution in [2.24, 2.45) is 0 Å². The number of amides is 1. The molecule has 0 aliphatic carbocycles. The fourth-order valence-corrected chi connectivity index (χ4v) is 1.44. The van der Waals surface area contributed by atoms with Crippen molar-refractivity contribution < 1.29 is 4.79 Å². The molecular weight excluding hydrogens is 164 g/mol. The zero-order chi connectivity index (χ0) is 9.10. The van der Waals surface area contributed by atoms with Crippen molar-refractivity contribution in [3.8, 4) is 0 Å². The van der Waals surface area contributed by atoms with Gasteiger partial charge in [-0.3, -0.25) is 4.79 Å². The van der Waals surface area contributed by atoms with Crippen LogP contribution in [0.5, 0.6) is 0 Å². The first-order valence-corrected chi connectivity index (χ1v) is 4.35. The van der Waals surface area contributed by atoms with Crippen LogP contribution >= 0.6 is 0 Å². The van der Waals surface area contributed by atoms with Crippen molar-refractivity contribution in [1.29, 1.82) is 0 Å². The van der Waals surface area contributed by atoms with Gasteiger partial charge in [-0.15, -0.1) is 0 Å². The highest BCUT2D eigenvalue weighted by molar-refractivity contribution is 5.95. The molecule has 1 radical (unpaired) electrons. The highest BCUT2D eigenvalue weighted by atomic mass is 16.2. The van der Waals surface area contributed by atoms with Crippen LogP contribution in [0.15, 0.2) is 24.3 Å². The SMILES string of the molecule is O=C1CNCCN1c1cc[c]cc1. The second kappa shape index (κ2) is 3.58. The fraction of sp³-hybridized carbons (Fsp3) is 0.300. The summed E-state index contributed by atoms with van der Waals surface area (Å²) in [6.45, 7) is 2.06. The zero-order valence-electron chi connectivity index (χ0n) is 7.29. The average molecular weight is 175 g/mol. The van der Waals surface area contributed by atoms with Gasteiger partial charge in [-0.25, -0.2) is 0 Å². The smallest absolute Gasteiger partial charge is 0.240 e. The number of benzene rings is 1. The van der Waals surface area contributed by atoms with Crippen LogP contribution in [0.25, 0.3) is 0 Å². The van der Waals surface area contributed by atoms with Gasteiger partial charge in [0.2, 0.25) is 5.91 Å². The lowest BCUT2D eigenvalue weighted by molar-refractivity contribution is -0.118. The Morgan fingerprint density at radius 1 is 1.38 bits per heavy atom. The predicted octanol–water partition coefficient (Wildman–Crippen LogP) is 0.423. The third kappa shape index (κ3) is 1.70. The number of piperazine rings is 1. The molecular formula is C10H11N2O. The van der Waals surface area contributed by atoms with Gasteiger partial charge in [-0.1, -0.05) is 12.1 Å². The summed E-state index contributed by atoms with van der Waals surface area (Å²) in [6, 6.07) is 10.4. The van der Waals surface area contributed by atoms with E-state index in [1.165, 1.54) is 0 Å². The van der Waals surface area contributed by atoms with Crippen LogP contribution in [-0.4, -0.2) is 25.5 Å². The Kier molecular flexibility index (Phi) is 2.27. The van der Waals surface area contributed by atoms with E-state index in [2.05, 4.69) is 11.4 Å². The Bertz CT molecular complexity index is 297. The van der Waals surface area contributed by atoms with E-state index in [1.807, 2.05) is 24.3 Å². The van der Waals surface area contributed by atoms with Gasteiger partial charge < -0.3 is 10.2 Å². The van der Waals surface area contributed by atoms with Crippen molar-refractivity contribution in [3.05, 3.63) is 30.3 Å². The summed E-state index contributed by atoms with van der Waals surface area (Å²) >= 11 is 0. The lowest BCUT2D eigenvalue weighted by Crippen LogP contribution is -2.48. The van der Waals surface area contributed by atoms with E-state index in [1.54, 1.807) is 4.90 Å². The van der Waals surface area contributed by atoms with Crippen LogP contribution in [0.1, 0.15) is 0 Å². The largest absolute Gasteiger partial charge is 0.310 e. The van der Waals surface area contributed by atoms with Gasteiger partial charge in [0, 0.05) is 18.8 Å². The summed E-state index contributed by atoms with van der Waals surface area (Å²) in [7, 11) is 0. The molecule has 1 aliphatic rings. The number of carbonyl (C=O) groups excluding carboxylic acids is 1. The Balaban J connectivity index is 2.20. The highest BCUT2D eigenvalue weighted by Crippen LogP contribution is 2.13. The highest BCUT2D eigenvalue weighted by Gasteiger charge is 2.18. The monoisotopic (exact) mass is 175 g/mol. The molecule has 13 heavy (non-hydrogen) atoms. The Morgan fingerprint density at radius 3 is 2.85 bits per heavy atom. The molecule has 2 rings (SSSR count). The van der Waals surface area contributed by atoms with Crippen LogP contribution in [-0.2, 0) is 4.79 Å². The standard InChI is InChI=1S/C10H11N2O/c13-10-8-11-6-7-12(10)9-4-2-1-3-5-9/h2-5,11H,6-8H2. The van der Waals surface area contributed by atoms with Crippen LogP contribution < -0.4 is 10.2 Å². The third-order valence-corrected chi connectivity index (χ3v) is 2.10. The van der Waals surface area contributed by atoms with Crippen molar-refractivity contribution in [2.75, 3.05) is 24.5 Å². The van der Waals surface area contributed by atoms with Crippen LogP contribution in [0.2, 0.25) is 0 Å². The Morgan fingerprint density at radius 2 is 2.15 bits per heavy atom. The summed E-state index contributed by atoms with van der Waals surface area (Å²) < 4.78 is 0. The number of nitrogens with one attached hydrogen (secondary N) is 1. The summed E-state index contributed by atoms with van der Waals surface area (Å²) in [5.74, 6) is 0.137. The number of rotatable bonds is 1. The molecule has 0 atom stereocenters. The van der Waals surface area contributed by atoms with Gasteiger partial charge in [0.1, 0.15) is 0 Å². The first-order valence-electron chi connectivity index (χ1n) is 4.35. The molecule has 1 fully saturated rings. The van der Waals surface area contributed by atoms with Gasteiger partial charge in [0.05, 0.1) is 6.54 Å². The van der Waals surface area contributed by atoms with Crippen molar-refractivity contribution in [1.82, 2.24) is 5.32 Å². The maximum atomic E-state index is 11.4. The number of hydrogen-bond acceptors (Lipinski definition) is 2. The fourth-order valence-electron chi connectivity index (χ4n) is 1.44. The molecule has 1 amide bonds. The lowest BCUT2D eigenvalue weighted by atomic mass is 10.2. The maximum absolute atomic E-state index is 11.4. The Labute approximate surface area is 77.4 Å². The van der Waals surface area contributed by atoms with E-state index in [0.717, 1.165) is 18.8 Å². The number of anilines is 1. The molecule has 1 saturated heterocycles. The van der Waals surface area contributed by atoms with Crippen molar-refractivity contribution in [3.63, 3.8) is 0 Å². The molecule has 0 unspecified atom stereocenters. The summed E-state index contributed by atoms with van der Waals surface area (Å²) in [5, 5.41) is 3.04. The van der Waals surface area contributed by atoms with E-state index in [-0.39, 0.29) is 5.91 Å². The molecule has 1 aromatic rings. The molecule has 3 nitrogen and oxygen atoms in total. The molecule has 0 saturated carbocycles. The van der Waals surface area contributed by atoms with E-state index in [9.17, 15) is 4.79 Å². The third-order valence-electron chi connectivity index (χ3n) is 2.10. The molecule has 0 spiro atoms. The van der Waals surface area contributed by atoms with Gasteiger partial charge >= 0.3 is 0 Å². The molecule has 0 bridgehead atoms. The number of carbonyl (C=O) groups is 1. The molecule has 1 heterocycles. The second-order valence-electron chi connectivity index (χ2n) is 2.98. The van der Waals surface area contributed by atoms with Gasteiger partial charge in [-0.2, -0.15) is 0 Å². The molecule has 1 aliphatic heterocycles.